The molecule has 1 N–H and O–H groups in total. The van der Waals surface area contributed by atoms with Gasteiger partial charge < -0.3 is 14.4 Å². The van der Waals surface area contributed by atoms with Crippen molar-refractivity contribution in [2.24, 2.45) is 0 Å². The number of aryl methyl sites for hydroxylation is 1. The number of carboxylic acid groups (broad SMARTS) is 1. The number of benzene rings is 2. The van der Waals surface area contributed by atoms with E-state index >= 15 is 0 Å². The van der Waals surface area contributed by atoms with E-state index in [-0.39, 0.29) is 28.3 Å². The first-order valence-corrected chi connectivity index (χ1v) is 12.2. The number of carboxylic acids is 1. The molecule has 1 unspecified atom stereocenters. The van der Waals surface area contributed by atoms with Crippen LogP contribution >= 0.6 is 23.2 Å². The van der Waals surface area contributed by atoms with Gasteiger partial charge in [-0.3, -0.25) is 9.69 Å². The van der Waals surface area contributed by atoms with E-state index in [0.29, 0.717) is 30.2 Å². The maximum atomic E-state index is 13.0. The number of rotatable bonds is 10. The maximum Gasteiger partial charge on any atom is 0.335 e. The maximum absolute atomic E-state index is 13.0. The summed E-state index contributed by atoms with van der Waals surface area (Å²) < 4.78 is 7.60. The Kier molecular flexibility index (Phi) is 9.00. The average molecular weight is 517 g/mol. The molecule has 186 valence electrons. The van der Waals surface area contributed by atoms with Crippen LogP contribution in [0.15, 0.2) is 59.4 Å². The van der Waals surface area contributed by atoms with Gasteiger partial charge in [-0.25, -0.2) is 4.79 Å². The Morgan fingerprint density at radius 3 is 2.34 bits per heavy atom. The zero-order valence-electron chi connectivity index (χ0n) is 20.3. The van der Waals surface area contributed by atoms with Crippen molar-refractivity contribution in [3.8, 4) is 5.75 Å². The highest BCUT2D eigenvalue weighted by Gasteiger charge is 2.21. The summed E-state index contributed by atoms with van der Waals surface area (Å²) in [7, 11) is 1.97. The lowest BCUT2D eigenvalue weighted by molar-refractivity contribution is 0.0697. The lowest BCUT2D eigenvalue weighted by Crippen LogP contribution is -2.30. The predicted molar refractivity (Wildman–Crippen MR) is 140 cm³/mol. The van der Waals surface area contributed by atoms with E-state index in [0.717, 1.165) is 16.9 Å². The van der Waals surface area contributed by atoms with Crippen LogP contribution in [-0.2, 0) is 19.5 Å². The fraction of sp³-hybridized carbons (Fsp3) is 0.333. The molecule has 0 bridgehead atoms. The average Bonchev–Trinajstić information content (AvgIpc) is 2.82. The molecule has 3 rings (SSSR count). The highest BCUT2D eigenvalue weighted by molar-refractivity contribution is 6.34. The third-order valence-corrected chi connectivity index (χ3v) is 6.52. The molecule has 0 aliphatic heterocycles. The summed E-state index contributed by atoms with van der Waals surface area (Å²) >= 11 is 12.8. The molecule has 0 radical (unpaired) electrons. The molecular formula is C27H30Cl2N2O4. The Morgan fingerprint density at radius 1 is 1.06 bits per heavy atom. The summed E-state index contributed by atoms with van der Waals surface area (Å²) in [4.78, 5) is 26.2. The number of pyridine rings is 1. The number of para-hydroxylation sites is 1. The molecule has 0 aliphatic rings. The molecule has 0 amide bonds. The second-order valence-electron chi connectivity index (χ2n) is 8.79. The lowest BCUT2D eigenvalue weighted by atomic mass is 10.1. The first-order chi connectivity index (χ1) is 16.6. The number of hydrogen-bond acceptors (Lipinski definition) is 4. The van der Waals surface area contributed by atoms with E-state index in [2.05, 4.69) is 11.8 Å². The summed E-state index contributed by atoms with van der Waals surface area (Å²) in [5.74, 6) is -0.152. The number of hydrogen-bond donors (Lipinski definition) is 1. The molecule has 3 aromatic rings. The van der Waals surface area contributed by atoms with Crippen LogP contribution in [0.2, 0.25) is 10.0 Å². The van der Waals surface area contributed by atoms with Crippen LogP contribution < -0.4 is 10.3 Å². The van der Waals surface area contributed by atoms with Crippen molar-refractivity contribution in [1.82, 2.24) is 9.47 Å². The highest BCUT2D eigenvalue weighted by Crippen LogP contribution is 2.31. The third-order valence-electron chi connectivity index (χ3n) is 5.92. The zero-order chi connectivity index (χ0) is 25.7. The summed E-state index contributed by atoms with van der Waals surface area (Å²) in [6, 6.07) is 16.0. The van der Waals surface area contributed by atoms with Crippen molar-refractivity contribution in [3.63, 3.8) is 0 Å². The van der Waals surface area contributed by atoms with E-state index in [9.17, 15) is 9.59 Å². The minimum absolute atomic E-state index is 0.0104. The molecular weight excluding hydrogens is 487 g/mol. The first kappa shape index (κ1) is 26.8. The Morgan fingerprint density at radius 2 is 1.71 bits per heavy atom. The standard InChI is InChI=1S/C27H30Cl2N2O4/c1-17(2)35-25-8-6-5-7-21(25)18(3)30(4)16-24-22(28)15-23(29)26(32)31(24)14-13-19-9-11-20(12-10-19)27(33)34/h5-12,15,17-18H,13-14,16H2,1-4H3,(H,33,34). The largest absolute Gasteiger partial charge is 0.491 e. The van der Waals surface area contributed by atoms with Crippen molar-refractivity contribution in [1.29, 1.82) is 0 Å². The lowest BCUT2D eigenvalue weighted by Gasteiger charge is -2.28. The molecule has 35 heavy (non-hydrogen) atoms. The van der Waals surface area contributed by atoms with Gasteiger partial charge in [-0.2, -0.15) is 0 Å². The first-order valence-electron chi connectivity index (χ1n) is 11.4. The van der Waals surface area contributed by atoms with Gasteiger partial charge in [0.05, 0.1) is 22.4 Å². The summed E-state index contributed by atoms with van der Waals surface area (Å²) in [6.07, 6.45) is 0.572. The van der Waals surface area contributed by atoms with Crippen molar-refractivity contribution in [2.75, 3.05) is 7.05 Å². The van der Waals surface area contributed by atoms with E-state index < -0.39 is 5.97 Å². The fourth-order valence-corrected chi connectivity index (χ4v) is 4.42. The van der Waals surface area contributed by atoms with Gasteiger partial charge in [0.25, 0.3) is 5.56 Å². The monoisotopic (exact) mass is 516 g/mol. The van der Waals surface area contributed by atoms with Gasteiger partial charge in [0.1, 0.15) is 10.8 Å². The second kappa shape index (κ2) is 11.8. The van der Waals surface area contributed by atoms with Crippen LogP contribution in [0.4, 0.5) is 0 Å². The summed E-state index contributed by atoms with van der Waals surface area (Å²) in [5.41, 5.74) is 2.53. The van der Waals surface area contributed by atoms with Gasteiger partial charge >= 0.3 is 5.97 Å². The molecule has 0 aliphatic carbocycles. The minimum atomic E-state index is -0.978. The smallest absolute Gasteiger partial charge is 0.335 e. The molecule has 2 aromatic carbocycles. The SMILES string of the molecule is CC(C)Oc1ccccc1C(C)N(C)Cc1c(Cl)cc(Cl)c(=O)n1CCc1ccc(C(=O)O)cc1. The van der Waals surface area contributed by atoms with E-state index in [1.807, 2.05) is 45.2 Å². The second-order valence-corrected chi connectivity index (χ2v) is 9.61. The Bertz CT molecular complexity index is 1240. The van der Waals surface area contributed by atoms with E-state index in [4.69, 9.17) is 33.0 Å². The van der Waals surface area contributed by atoms with Gasteiger partial charge in [-0.15, -0.1) is 0 Å². The number of carbonyl (C=O) groups is 1. The molecule has 1 heterocycles. The van der Waals surface area contributed by atoms with Crippen molar-refractivity contribution < 1.29 is 14.6 Å². The molecule has 1 atom stereocenters. The summed E-state index contributed by atoms with van der Waals surface area (Å²) in [6.45, 7) is 6.84. The van der Waals surface area contributed by atoms with Gasteiger partial charge in [-0.05, 0) is 64.1 Å². The molecule has 0 spiro atoms. The van der Waals surface area contributed by atoms with Crippen LogP contribution in [0.5, 0.6) is 5.75 Å². The normalized spacial score (nSPS) is 12.2. The molecule has 0 fully saturated rings. The van der Waals surface area contributed by atoms with Crippen LogP contribution in [0.3, 0.4) is 0 Å². The molecule has 0 saturated heterocycles. The zero-order valence-corrected chi connectivity index (χ0v) is 21.8. The Labute approximate surface area is 215 Å². The number of halogens is 2. The predicted octanol–water partition coefficient (Wildman–Crippen LogP) is 6.08. The van der Waals surface area contributed by atoms with E-state index in [1.165, 1.54) is 6.07 Å². The number of ether oxygens (including phenoxy) is 1. The van der Waals surface area contributed by atoms with Gasteiger partial charge in [0.15, 0.2) is 0 Å². The van der Waals surface area contributed by atoms with Crippen molar-refractivity contribution >= 4 is 29.2 Å². The van der Waals surface area contributed by atoms with Crippen LogP contribution in [0.25, 0.3) is 0 Å². The van der Waals surface area contributed by atoms with Crippen LogP contribution in [-0.4, -0.2) is 33.7 Å². The number of aromatic nitrogens is 1. The van der Waals surface area contributed by atoms with Gasteiger partial charge in [-0.1, -0.05) is 53.5 Å². The highest BCUT2D eigenvalue weighted by atomic mass is 35.5. The molecule has 6 nitrogen and oxygen atoms in total. The van der Waals surface area contributed by atoms with Crippen LogP contribution in [0, 0.1) is 0 Å². The summed E-state index contributed by atoms with van der Waals surface area (Å²) in [5, 5.41) is 9.58. The molecule has 0 saturated carbocycles. The van der Waals surface area contributed by atoms with Crippen molar-refractivity contribution in [2.45, 2.75) is 52.4 Å². The topological polar surface area (TPSA) is 71.8 Å². The Balaban J connectivity index is 1.86. The van der Waals surface area contributed by atoms with Gasteiger partial charge in [0.2, 0.25) is 0 Å². The Hall–Kier alpha value is -2.80. The van der Waals surface area contributed by atoms with Crippen LogP contribution in [0.1, 0.15) is 54.0 Å². The van der Waals surface area contributed by atoms with Gasteiger partial charge in [0, 0.05) is 24.7 Å². The quantitative estimate of drug-likeness (QED) is 0.353. The van der Waals surface area contributed by atoms with E-state index in [1.54, 1.807) is 28.8 Å². The third kappa shape index (κ3) is 6.66. The fourth-order valence-electron chi connectivity index (χ4n) is 3.89. The number of nitrogens with zero attached hydrogens (tertiary/aromatic N) is 2. The number of aromatic carboxylic acids is 1. The molecule has 1 aromatic heterocycles. The minimum Gasteiger partial charge on any atom is -0.491 e. The molecule has 8 heteroatoms. The van der Waals surface area contributed by atoms with Crippen molar-refractivity contribution in [3.05, 3.63) is 97.4 Å².